The Morgan fingerprint density at radius 3 is 1.35 bits per heavy atom. The molecule has 2 unspecified atom stereocenters. The van der Waals surface area contributed by atoms with E-state index >= 15 is 0 Å². The standard InChI is InChI=1S/2C6H12N.C3H7.2ClH.Pt/c2*1-6-4-2-3-5-7-6;1-3-2;;;/h2*6H,2-5H2,1H3;1,3H2,2H3;2*1H;/q3*-1;;;+2/p-2. The summed E-state index contributed by atoms with van der Waals surface area (Å²) in [4.78, 5) is 0. The van der Waals surface area contributed by atoms with E-state index in [1.54, 1.807) is 0 Å². The first-order valence-electron chi connectivity index (χ1n) is 7.57. The van der Waals surface area contributed by atoms with Gasteiger partial charge in [-0.3, -0.25) is 0 Å². The summed E-state index contributed by atoms with van der Waals surface area (Å²) in [6.07, 6.45) is 9.07. The fourth-order valence-corrected chi connectivity index (χ4v) is 1.91. The van der Waals surface area contributed by atoms with Crippen molar-refractivity contribution in [2.45, 2.75) is 77.8 Å². The molecule has 0 amide bonds. The van der Waals surface area contributed by atoms with E-state index in [0.717, 1.165) is 19.5 Å². The van der Waals surface area contributed by atoms with Gasteiger partial charge in [0, 0.05) is 0 Å². The van der Waals surface area contributed by atoms with Crippen LogP contribution in [0.4, 0.5) is 0 Å². The fourth-order valence-electron chi connectivity index (χ4n) is 1.91. The van der Waals surface area contributed by atoms with E-state index in [2.05, 4.69) is 31.4 Å². The SMILES string of the molecule is CC1CCCC[N-]1.CC1CCCC[N-]1.[CH2-]CC.[Cl][Pt][Cl]. The first-order valence-corrected chi connectivity index (χ1v) is 13.2. The van der Waals surface area contributed by atoms with Crippen LogP contribution in [0.25, 0.3) is 10.6 Å². The van der Waals surface area contributed by atoms with Gasteiger partial charge in [0.15, 0.2) is 0 Å². The summed E-state index contributed by atoms with van der Waals surface area (Å²) in [5.41, 5.74) is 0. The number of hydrogen-bond acceptors (Lipinski definition) is 0. The number of piperidine rings is 2. The Balaban J connectivity index is 0. The Kier molecular flexibility index (Phi) is 23.7. The van der Waals surface area contributed by atoms with Gasteiger partial charge in [0.25, 0.3) is 0 Å². The molecule has 2 aliphatic heterocycles. The molecule has 2 heterocycles. The molecule has 0 N–H and O–H groups in total. The van der Waals surface area contributed by atoms with Gasteiger partial charge in [0.1, 0.15) is 0 Å². The molecule has 0 aromatic heterocycles. The molecule has 0 aromatic rings. The van der Waals surface area contributed by atoms with Gasteiger partial charge < -0.3 is 17.6 Å². The number of rotatable bonds is 0. The number of nitrogens with zero attached hydrogens (tertiary/aromatic N) is 2. The van der Waals surface area contributed by atoms with Crippen LogP contribution in [0.3, 0.4) is 0 Å². The minimum atomic E-state index is -0.472. The van der Waals surface area contributed by atoms with Crippen LogP contribution in [-0.4, -0.2) is 25.2 Å². The fraction of sp³-hybridized carbons (Fsp3) is 0.933. The van der Waals surface area contributed by atoms with Crippen LogP contribution in [-0.2, 0) is 16.5 Å². The summed E-state index contributed by atoms with van der Waals surface area (Å²) < 4.78 is 0. The van der Waals surface area contributed by atoms with Crippen molar-refractivity contribution in [2.24, 2.45) is 0 Å². The molecule has 2 nitrogen and oxygen atoms in total. The summed E-state index contributed by atoms with van der Waals surface area (Å²) in [6.45, 7) is 12.1. The minimum absolute atomic E-state index is 0.472. The van der Waals surface area contributed by atoms with E-state index in [1.807, 2.05) is 6.92 Å². The van der Waals surface area contributed by atoms with Crippen LogP contribution in [0.2, 0.25) is 0 Å². The molecule has 128 valence electrons. The summed E-state index contributed by atoms with van der Waals surface area (Å²) >= 11 is -0.472. The summed E-state index contributed by atoms with van der Waals surface area (Å²) in [7, 11) is 9.75. The number of halogens is 2. The topological polar surface area (TPSA) is 28.2 Å². The van der Waals surface area contributed by atoms with Crippen molar-refractivity contribution < 1.29 is 16.5 Å². The second-order valence-electron chi connectivity index (χ2n) is 5.05. The molecule has 20 heavy (non-hydrogen) atoms. The molecule has 0 aromatic carbocycles. The monoisotopic (exact) mass is 504 g/mol. The van der Waals surface area contributed by atoms with Crippen molar-refractivity contribution >= 4 is 18.8 Å². The van der Waals surface area contributed by atoms with E-state index in [0.29, 0.717) is 12.1 Å². The Hall–Kier alpha value is 1.19. The Labute approximate surface area is 143 Å². The van der Waals surface area contributed by atoms with E-state index in [9.17, 15) is 0 Å². The van der Waals surface area contributed by atoms with Crippen LogP contribution in [0, 0.1) is 6.92 Å². The third kappa shape index (κ3) is 21.5. The normalized spacial score (nSPS) is 25.1. The second-order valence-corrected chi connectivity index (χ2v) is 8.33. The van der Waals surface area contributed by atoms with Crippen molar-refractivity contribution in [3.8, 4) is 0 Å². The van der Waals surface area contributed by atoms with Crippen molar-refractivity contribution in [2.75, 3.05) is 13.1 Å². The van der Waals surface area contributed by atoms with Crippen molar-refractivity contribution in [1.82, 2.24) is 0 Å². The van der Waals surface area contributed by atoms with Crippen LogP contribution < -0.4 is 0 Å². The maximum atomic E-state index is 4.88. The Morgan fingerprint density at radius 1 is 0.950 bits per heavy atom. The Bertz CT molecular complexity index is 144. The Morgan fingerprint density at radius 2 is 1.25 bits per heavy atom. The molecule has 0 aliphatic carbocycles. The molecular formula is C15H31Cl2N2Pt-3. The molecule has 0 bridgehead atoms. The zero-order valence-corrected chi connectivity index (χ0v) is 17.0. The maximum absolute atomic E-state index is 4.88. The zero-order valence-electron chi connectivity index (χ0n) is 13.2. The molecule has 2 aliphatic rings. The molecule has 0 spiro atoms. The predicted octanol–water partition coefficient (Wildman–Crippen LogP) is 6.47. The quantitative estimate of drug-likeness (QED) is 0.338. The van der Waals surface area contributed by atoms with Crippen LogP contribution in [0.15, 0.2) is 0 Å². The summed E-state index contributed by atoms with van der Waals surface area (Å²) in [5, 5.41) is 8.66. The van der Waals surface area contributed by atoms with Gasteiger partial charge in [-0.1, -0.05) is 59.3 Å². The zero-order chi connectivity index (χ0) is 15.6. The van der Waals surface area contributed by atoms with E-state index < -0.39 is 16.5 Å². The van der Waals surface area contributed by atoms with Gasteiger partial charge in [0.2, 0.25) is 0 Å². The summed E-state index contributed by atoms with van der Waals surface area (Å²) in [6, 6.07) is 1.32. The third-order valence-corrected chi connectivity index (χ3v) is 2.94. The predicted molar refractivity (Wildman–Crippen MR) is 90.4 cm³/mol. The molecular weight excluding hydrogens is 474 g/mol. The molecule has 2 saturated heterocycles. The first-order chi connectivity index (χ1) is 9.62. The van der Waals surface area contributed by atoms with Gasteiger partial charge in [-0.15, -0.1) is 25.2 Å². The average molecular weight is 505 g/mol. The van der Waals surface area contributed by atoms with E-state index in [1.165, 1.54) is 38.5 Å². The molecule has 0 radical (unpaired) electrons. The van der Waals surface area contributed by atoms with Crippen molar-refractivity contribution in [1.29, 1.82) is 0 Å². The molecule has 0 saturated carbocycles. The van der Waals surface area contributed by atoms with Gasteiger partial charge >= 0.3 is 35.3 Å². The third-order valence-electron chi connectivity index (χ3n) is 2.94. The van der Waals surface area contributed by atoms with Crippen LogP contribution in [0.1, 0.15) is 65.7 Å². The molecule has 2 atom stereocenters. The average Bonchev–Trinajstić information content (AvgIpc) is 2.43. The second kappa shape index (κ2) is 20.2. The van der Waals surface area contributed by atoms with E-state index in [-0.39, 0.29) is 0 Å². The van der Waals surface area contributed by atoms with Crippen LogP contribution >= 0.6 is 18.8 Å². The molecule has 2 rings (SSSR count). The number of hydrogen-bond donors (Lipinski definition) is 0. The molecule has 2 fully saturated rings. The van der Waals surface area contributed by atoms with Gasteiger partial charge in [0.05, 0.1) is 0 Å². The van der Waals surface area contributed by atoms with Gasteiger partial charge in [-0.05, 0) is 0 Å². The van der Waals surface area contributed by atoms with Gasteiger partial charge in [-0.25, -0.2) is 0 Å². The van der Waals surface area contributed by atoms with Crippen LogP contribution in [0.5, 0.6) is 0 Å². The van der Waals surface area contributed by atoms with E-state index in [4.69, 9.17) is 18.8 Å². The first kappa shape index (κ1) is 23.5. The van der Waals surface area contributed by atoms with Gasteiger partial charge in [-0.2, -0.15) is 6.42 Å². The summed E-state index contributed by atoms with van der Waals surface area (Å²) in [5.74, 6) is 0. The molecule has 5 heteroatoms. The van der Waals surface area contributed by atoms with Crippen molar-refractivity contribution in [3.05, 3.63) is 17.6 Å². The van der Waals surface area contributed by atoms with Crippen molar-refractivity contribution in [3.63, 3.8) is 0 Å².